The molecule has 0 radical (unpaired) electrons. The van der Waals surface area contributed by atoms with Crippen molar-refractivity contribution in [1.29, 1.82) is 0 Å². The zero-order valence-corrected chi connectivity index (χ0v) is 11.5. The largest absolute Gasteiger partial charge is 0.465 e. The molecule has 2 rings (SSSR count). The minimum atomic E-state index is -1.21. The number of carbonyl (C=O) groups excluding carboxylic acids is 3. The van der Waals surface area contributed by atoms with Gasteiger partial charge in [-0.2, -0.15) is 0 Å². The molecule has 19 heavy (non-hydrogen) atoms. The van der Waals surface area contributed by atoms with E-state index in [1.165, 1.54) is 19.1 Å². The quantitative estimate of drug-likeness (QED) is 0.443. The van der Waals surface area contributed by atoms with Crippen LogP contribution < -0.4 is 0 Å². The molecule has 0 aromatic rings. The van der Waals surface area contributed by atoms with E-state index >= 15 is 0 Å². The highest BCUT2D eigenvalue weighted by atomic mass is 16.5. The van der Waals surface area contributed by atoms with Crippen LogP contribution in [0.15, 0.2) is 12.2 Å². The van der Waals surface area contributed by atoms with Gasteiger partial charge in [0, 0.05) is 5.92 Å². The van der Waals surface area contributed by atoms with Gasteiger partial charge in [0.05, 0.1) is 6.61 Å². The molecule has 0 N–H and O–H groups in total. The van der Waals surface area contributed by atoms with E-state index < -0.39 is 11.4 Å². The number of carbonyl (C=O) groups is 3. The summed E-state index contributed by atoms with van der Waals surface area (Å²) >= 11 is 0. The number of esters is 1. The van der Waals surface area contributed by atoms with Gasteiger partial charge in [-0.25, -0.2) is 0 Å². The number of rotatable bonds is 4. The molecule has 0 heterocycles. The lowest BCUT2D eigenvalue weighted by molar-refractivity contribution is -0.156. The lowest BCUT2D eigenvalue weighted by Crippen LogP contribution is -2.37. The molecule has 0 aliphatic heterocycles. The maximum absolute atomic E-state index is 12.6. The lowest BCUT2D eigenvalue weighted by atomic mass is 9.82. The van der Waals surface area contributed by atoms with Gasteiger partial charge in [0.15, 0.2) is 11.6 Å². The molecule has 1 unspecified atom stereocenters. The Balaban J connectivity index is 2.33. The summed E-state index contributed by atoms with van der Waals surface area (Å²) in [7, 11) is 0. The Morgan fingerprint density at radius 1 is 1.42 bits per heavy atom. The number of hydrogen-bond acceptors (Lipinski definition) is 4. The van der Waals surface area contributed by atoms with Crippen LogP contribution in [0.25, 0.3) is 0 Å². The number of ketones is 2. The fraction of sp³-hybridized carbons (Fsp3) is 0.667. The van der Waals surface area contributed by atoms with E-state index in [0.717, 1.165) is 19.3 Å². The van der Waals surface area contributed by atoms with Gasteiger partial charge in [-0.05, 0) is 45.1 Å². The molecule has 0 bridgehead atoms. The lowest BCUT2D eigenvalue weighted by Gasteiger charge is -2.22. The molecule has 104 valence electrons. The SMILES string of the molecule is CCOC(=O)C1(/C=C/C(C)=O)C[C@@H]2CCC[C@@H]2C1=O. The average molecular weight is 264 g/mol. The minimum Gasteiger partial charge on any atom is -0.465 e. The minimum absolute atomic E-state index is 0.0268. The van der Waals surface area contributed by atoms with Crippen molar-refractivity contribution in [3.8, 4) is 0 Å². The van der Waals surface area contributed by atoms with E-state index in [2.05, 4.69) is 0 Å². The number of Topliss-reactive ketones (excluding diaryl/α,β-unsaturated/α-hetero) is 1. The van der Waals surface area contributed by atoms with Crippen LogP contribution in [0.1, 0.15) is 39.5 Å². The molecule has 0 aromatic heterocycles. The van der Waals surface area contributed by atoms with Gasteiger partial charge in [0.25, 0.3) is 0 Å². The molecule has 3 atom stereocenters. The summed E-state index contributed by atoms with van der Waals surface area (Å²) < 4.78 is 5.07. The predicted molar refractivity (Wildman–Crippen MR) is 69.3 cm³/mol. The Bertz CT molecular complexity index is 437. The summed E-state index contributed by atoms with van der Waals surface area (Å²) in [6.45, 7) is 3.38. The molecule has 0 aromatic carbocycles. The van der Waals surface area contributed by atoms with Crippen LogP contribution in [0, 0.1) is 17.3 Å². The van der Waals surface area contributed by atoms with E-state index in [1.54, 1.807) is 6.92 Å². The van der Waals surface area contributed by atoms with Crippen molar-refractivity contribution < 1.29 is 19.1 Å². The standard InChI is InChI=1S/C15H20O4/c1-3-19-14(18)15(8-7-10(2)16)9-11-5-4-6-12(11)13(15)17/h7-8,11-12H,3-6,9H2,1-2H3/b8-7+/t11-,12-,15?/m0/s1. The molecule has 0 spiro atoms. The van der Waals surface area contributed by atoms with Gasteiger partial charge in [0.1, 0.15) is 5.41 Å². The van der Waals surface area contributed by atoms with E-state index in [-0.39, 0.29) is 30.0 Å². The second-order valence-electron chi connectivity index (χ2n) is 5.50. The van der Waals surface area contributed by atoms with Crippen LogP contribution in [-0.2, 0) is 19.1 Å². The van der Waals surface area contributed by atoms with Crippen LogP contribution in [0.4, 0.5) is 0 Å². The van der Waals surface area contributed by atoms with Crippen LogP contribution in [0.5, 0.6) is 0 Å². The zero-order valence-electron chi connectivity index (χ0n) is 11.5. The highest BCUT2D eigenvalue weighted by Crippen LogP contribution is 2.51. The third kappa shape index (κ3) is 2.36. The fourth-order valence-corrected chi connectivity index (χ4v) is 3.39. The molecular weight excluding hydrogens is 244 g/mol. The van der Waals surface area contributed by atoms with Crippen LogP contribution >= 0.6 is 0 Å². The predicted octanol–water partition coefficient (Wildman–Crippen LogP) is 2.07. The Kier molecular flexibility index (Phi) is 3.88. The first-order valence-electron chi connectivity index (χ1n) is 6.92. The van der Waals surface area contributed by atoms with Crippen molar-refractivity contribution in [3.05, 3.63) is 12.2 Å². The molecule has 0 amide bonds. The van der Waals surface area contributed by atoms with Crippen molar-refractivity contribution in [2.24, 2.45) is 17.3 Å². The molecule has 4 nitrogen and oxygen atoms in total. The summed E-state index contributed by atoms with van der Waals surface area (Å²) in [5, 5.41) is 0. The van der Waals surface area contributed by atoms with Crippen LogP contribution in [-0.4, -0.2) is 24.1 Å². The molecule has 2 aliphatic carbocycles. The third-order valence-electron chi connectivity index (χ3n) is 4.26. The average Bonchev–Trinajstić information content (AvgIpc) is 2.90. The summed E-state index contributed by atoms with van der Waals surface area (Å²) in [5.41, 5.74) is -1.21. The summed E-state index contributed by atoms with van der Waals surface area (Å²) in [6.07, 6.45) is 6.21. The molecule has 2 aliphatic rings. The summed E-state index contributed by atoms with van der Waals surface area (Å²) in [6, 6.07) is 0. The van der Waals surface area contributed by atoms with Crippen molar-refractivity contribution in [3.63, 3.8) is 0 Å². The number of hydrogen-bond donors (Lipinski definition) is 0. The first-order valence-corrected chi connectivity index (χ1v) is 6.92. The summed E-state index contributed by atoms with van der Waals surface area (Å²) in [4.78, 5) is 35.9. The maximum atomic E-state index is 12.6. The first kappa shape index (κ1) is 14.0. The molecule has 4 heteroatoms. The van der Waals surface area contributed by atoms with E-state index in [0.29, 0.717) is 6.42 Å². The third-order valence-corrected chi connectivity index (χ3v) is 4.26. The Morgan fingerprint density at radius 2 is 2.16 bits per heavy atom. The van der Waals surface area contributed by atoms with Crippen LogP contribution in [0.3, 0.4) is 0 Å². The van der Waals surface area contributed by atoms with Crippen molar-refractivity contribution in [1.82, 2.24) is 0 Å². The monoisotopic (exact) mass is 264 g/mol. The summed E-state index contributed by atoms with van der Waals surface area (Å²) in [5.74, 6) is -0.457. The van der Waals surface area contributed by atoms with Gasteiger partial charge in [-0.1, -0.05) is 12.5 Å². The van der Waals surface area contributed by atoms with Crippen LogP contribution in [0.2, 0.25) is 0 Å². The molecule has 2 saturated carbocycles. The Labute approximate surface area is 113 Å². The van der Waals surface area contributed by atoms with E-state index in [9.17, 15) is 14.4 Å². The van der Waals surface area contributed by atoms with Crippen molar-refractivity contribution in [2.45, 2.75) is 39.5 Å². The van der Waals surface area contributed by atoms with Crippen molar-refractivity contribution >= 4 is 17.5 Å². The van der Waals surface area contributed by atoms with Gasteiger partial charge in [-0.15, -0.1) is 0 Å². The molecule has 0 saturated heterocycles. The number of fused-ring (bicyclic) bond motifs is 1. The van der Waals surface area contributed by atoms with Crippen molar-refractivity contribution in [2.75, 3.05) is 6.61 Å². The van der Waals surface area contributed by atoms with Gasteiger partial charge in [0.2, 0.25) is 0 Å². The van der Waals surface area contributed by atoms with E-state index in [4.69, 9.17) is 4.74 Å². The Morgan fingerprint density at radius 3 is 2.74 bits per heavy atom. The number of ether oxygens (including phenoxy) is 1. The van der Waals surface area contributed by atoms with Gasteiger partial charge < -0.3 is 4.74 Å². The normalized spacial score (nSPS) is 33.7. The zero-order chi connectivity index (χ0) is 14.0. The fourth-order valence-electron chi connectivity index (χ4n) is 3.39. The Hall–Kier alpha value is -1.45. The number of allylic oxidation sites excluding steroid dienone is 1. The molecule has 2 fully saturated rings. The topological polar surface area (TPSA) is 60.4 Å². The van der Waals surface area contributed by atoms with E-state index in [1.807, 2.05) is 0 Å². The second kappa shape index (κ2) is 5.27. The smallest absolute Gasteiger partial charge is 0.323 e. The van der Waals surface area contributed by atoms with Gasteiger partial charge >= 0.3 is 5.97 Å². The maximum Gasteiger partial charge on any atom is 0.323 e. The first-order chi connectivity index (χ1) is 9.01. The second-order valence-corrected chi connectivity index (χ2v) is 5.50. The van der Waals surface area contributed by atoms with Gasteiger partial charge in [-0.3, -0.25) is 14.4 Å². The highest BCUT2D eigenvalue weighted by Gasteiger charge is 2.57. The molecular formula is C15H20O4. The highest BCUT2D eigenvalue weighted by molar-refractivity contribution is 6.09.